The molecular weight excluding hydrogens is 176 g/mol. The van der Waals surface area contributed by atoms with Crippen LogP contribution in [-0.4, -0.2) is 44.3 Å². The van der Waals surface area contributed by atoms with Crippen molar-refractivity contribution < 1.29 is 4.74 Å². The predicted octanol–water partition coefficient (Wildman–Crippen LogP) is 0.692. The average molecular weight is 198 g/mol. The fraction of sp³-hybridized carbons (Fsp3) is 1.00. The number of hydrogen-bond donors (Lipinski definition) is 1. The summed E-state index contributed by atoms with van der Waals surface area (Å²) in [6, 6.07) is 0.489. The Labute approximate surface area is 86.6 Å². The molecule has 2 aliphatic rings. The smallest absolute Gasteiger partial charge is 0.0507 e. The van der Waals surface area contributed by atoms with E-state index in [2.05, 4.69) is 11.9 Å². The molecule has 1 atom stereocenters. The van der Waals surface area contributed by atoms with Gasteiger partial charge in [0, 0.05) is 25.7 Å². The highest BCUT2D eigenvalue weighted by atomic mass is 16.5. The molecule has 0 spiro atoms. The van der Waals surface area contributed by atoms with Gasteiger partial charge in [-0.2, -0.15) is 0 Å². The Morgan fingerprint density at radius 3 is 2.57 bits per heavy atom. The minimum Gasteiger partial charge on any atom is -0.381 e. The molecule has 1 heterocycles. The summed E-state index contributed by atoms with van der Waals surface area (Å²) in [7, 11) is 2.22. The Balaban J connectivity index is 1.60. The summed E-state index contributed by atoms with van der Waals surface area (Å²) in [6.07, 6.45) is 3.70. The van der Waals surface area contributed by atoms with E-state index >= 15 is 0 Å². The van der Waals surface area contributed by atoms with Crippen LogP contribution < -0.4 is 5.73 Å². The molecule has 1 aliphatic heterocycles. The second-order valence-electron chi connectivity index (χ2n) is 5.05. The van der Waals surface area contributed by atoms with Gasteiger partial charge in [0.1, 0.15) is 0 Å². The van der Waals surface area contributed by atoms with Crippen molar-refractivity contribution in [2.45, 2.75) is 25.3 Å². The lowest BCUT2D eigenvalue weighted by atomic mass is 9.80. The largest absolute Gasteiger partial charge is 0.381 e. The molecule has 0 aromatic heterocycles. The van der Waals surface area contributed by atoms with Gasteiger partial charge in [-0.25, -0.2) is 0 Å². The van der Waals surface area contributed by atoms with Gasteiger partial charge in [0.2, 0.25) is 0 Å². The van der Waals surface area contributed by atoms with Gasteiger partial charge in [0.25, 0.3) is 0 Å². The summed E-state index contributed by atoms with van der Waals surface area (Å²) in [5.74, 6) is 1.63. The molecule has 0 aromatic carbocycles. The van der Waals surface area contributed by atoms with E-state index in [1.165, 1.54) is 32.4 Å². The van der Waals surface area contributed by atoms with Gasteiger partial charge in [-0.15, -0.1) is 0 Å². The average Bonchev–Trinajstić information content (AvgIpc) is 2.54. The van der Waals surface area contributed by atoms with Crippen LogP contribution in [0.25, 0.3) is 0 Å². The van der Waals surface area contributed by atoms with Crippen LogP contribution >= 0.6 is 0 Å². The first-order valence-corrected chi connectivity index (χ1v) is 5.76. The fourth-order valence-corrected chi connectivity index (χ4v) is 2.62. The second kappa shape index (κ2) is 4.60. The van der Waals surface area contributed by atoms with E-state index in [0.29, 0.717) is 6.04 Å². The number of nitrogens with zero attached hydrogens (tertiary/aromatic N) is 1. The third-order valence-corrected chi connectivity index (χ3v) is 3.44. The molecule has 1 saturated carbocycles. The highest BCUT2D eigenvalue weighted by molar-refractivity contribution is 4.84. The van der Waals surface area contributed by atoms with Crippen molar-refractivity contribution in [3.8, 4) is 0 Å². The van der Waals surface area contributed by atoms with E-state index in [4.69, 9.17) is 10.5 Å². The van der Waals surface area contributed by atoms with Crippen LogP contribution in [0, 0.1) is 11.8 Å². The van der Waals surface area contributed by atoms with E-state index in [0.717, 1.165) is 25.0 Å². The molecule has 1 unspecified atom stereocenters. The van der Waals surface area contributed by atoms with Crippen LogP contribution in [0.15, 0.2) is 0 Å². The zero-order valence-electron chi connectivity index (χ0n) is 9.11. The molecule has 2 N–H and O–H groups in total. The number of hydrogen-bond acceptors (Lipinski definition) is 3. The molecule has 2 rings (SSSR count). The Morgan fingerprint density at radius 2 is 2.00 bits per heavy atom. The monoisotopic (exact) mass is 198 g/mol. The molecule has 0 aromatic rings. The Kier molecular flexibility index (Phi) is 3.42. The molecule has 3 heteroatoms. The summed E-state index contributed by atoms with van der Waals surface area (Å²) in [5, 5.41) is 0. The molecule has 82 valence electrons. The summed E-state index contributed by atoms with van der Waals surface area (Å²) in [6.45, 7) is 4.36. The first kappa shape index (κ1) is 10.4. The Bertz CT molecular complexity index is 174. The normalized spacial score (nSPS) is 37.5. The second-order valence-corrected chi connectivity index (χ2v) is 5.05. The highest BCUT2D eigenvalue weighted by Gasteiger charge is 2.27. The molecule has 14 heavy (non-hydrogen) atoms. The maximum atomic E-state index is 5.77. The summed E-state index contributed by atoms with van der Waals surface area (Å²) < 4.78 is 5.37. The minimum atomic E-state index is 0.489. The first-order valence-electron chi connectivity index (χ1n) is 5.76. The van der Waals surface area contributed by atoms with E-state index in [9.17, 15) is 0 Å². The van der Waals surface area contributed by atoms with Gasteiger partial charge in [-0.05, 0) is 38.1 Å². The lowest BCUT2D eigenvalue weighted by Crippen LogP contribution is -2.42. The SMILES string of the molecule is CN(CC1CCOC1)CC1CC(N)C1. The zero-order valence-corrected chi connectivity index (χ0v) is 9.11. The lowest BCUT2D eigenvalue weighted by molar-refractivity contribution is 0.149. The predicted molar refractivity (Wildman–Crippen MR) is 57.1 cm³/mol. The topological polar surface area (TPSA) is 38.5 Å². The Hall–Kier alpha value is -0.120. The van der Waals surface area contributed by atoms with Crippen molar-refractivity contribution in [3.63, 3.8) is 0 Å². The van der Waals surface area contributed by atoms with E-state index in [1.54, 1.807) is 0 Å². The van der Waals surface area contributed by atoms with Gasteiger partial charge >= 0.3 is 0 Å². The van der Waals surface area contributed by atoms with Gasteiger partial charge < -0.3 is 15.4 Å². The van der Waals surface area contributed by atoms with Crippen LogP contribution in [-0.2, 0) is 4.74 Å². The maximum absolute atomic E-state index is 5.77. The van der Waals surface area contributed by atoms with Crippen molar-refractivity contribution in [1.82, 2.24) is 4.90 Å². The van der Waals surface area contributed by atoms with Crippen LogP contribution in [0.2, 0.25) is 0 Å². The van der Waals surface area contributed by atoms with Crippen molar-refractivity contribution in [3.05, 3.63) is 0 Å². The van der Waals surface area contributed by atoms with Crippen molar-refractivity contribution in [2.75, 3.05) is 33.4 Å². The summed E-state index contributed by atoms with van der Waals surface area (Å²) >= 11 is 0. The van der Waals surface area contributed by atoms with Gasteiger partial charge in [-0.1, -0.05) is 0 Å². The highest BCUT2D eigenvalue weighted by Crippen LogP contribution is 2.26. The van der Waals surface area contributed by atoms with Gasteiger partial charge in [0.05, 0.1) is 6.61 Å². The number of ether oxygens (including phenoxy) is 1. The molecular formula is C11H22N2O. The van der Waals surface area contributed by atoms with E-state index < -0.39 is 0 Å². The quantitative estimate of drug-likeness (QED) is 0.722. The molecule has 3 nitrogen and oxygen atoms in total. The van der Waals surface area contributed by atoms with Crippen LogP contribution in [0.3, 0.4) is 0 Å². The summed E-state index contributed by atoms with van der Waals surface area (Å²) in [5.41, 5.74) is 5.77. The standard InChI is InChI=1S/C11H22N2O/c1-13(6-9-2-3-14-8-9)7-10-4-11(12)5-10/h9-11H,2-8,12H2,1H3. The Morgan fingerprint density at radius 1 is 1.29 bits per heavy atom. The molecule has 0 radical (unpaired) electrons. The van der Waals surface area contributed by atoms with Crippen molar-refractivity contribution in [2.24, 2.45) is 17.6 Å². The minimum absolute atomic E-state index is 0.489. The zero-order chi connectivity index (χ0) is 9.97. The summed E-state index contributed by atoms with van der Waals surface area (Å²) in [4.78, 5) is 2.45. The molecule has 1 saturated heterocycles. The molecule has 2 fully saturated rings. The first-order chi connectivity index (χ1) is 6.74. The van der Waals surface area contributed by atoms with Crippen molar-refractivity contribution >= 4 is 0 Å². The van der Waals surface area contributed by atoms with Crippen molar-refractivity contribution in [1.29, 1.82) is 0 Å². The third kappa shape index (κ3) is 2.69. The fourth-order valence-electron chi connectivity index (χ4n) is 2.62. The molecule has 1 aliphatic carbocycles. The molecule has 0 bridgehead atoms. The van der Waals surface area contributed by atoms with Gasteiger partial charge in [0.15, 0.2) is 0 Å². The van der Waals surface area contributed by atoms with Crippen LogP contribution in [0.5, 0.6) is 0 Å². The number of rotatable bonds is 4. The van der Waals surface area contributed by atoms with Gasteiger partial charge in [-0.3, -0.25) is 0 Å². The maximum Gasteiger partial charge on any atom is 0.0507 e. The van der Waals surface area contributed by atoms with Crippen LogP contribution in [0.4, 0.5) is 0 Å². The van der Waals surface area contributed by atoms with E-state index in [-0.39, 0.29) is 0 Å². The number of nitrogens with two attached hydrogens (primary N) is 1. The van der Waals surface area contributed by atoms with Crippen LogP contribution in [0.1, 0.15) is 19.3 Å². The third-order valence-electron chi connectivity index (χ3n) is 3.44. The van der Waals surface area contributed by atoms with E-state index in [1.807, 2.05) is 0 Å². The molecule has 0 amide bonds. The lowest BCUT2D eigenvalue weighted by Gasteiger charge is -2.35.